The number of anilines is 1. The lowest BCUT2D eigenvalue weighted by molar-refractivity contribution is -0.384. The molecule has 0 unspecified atom stereocenters. The number of sulfonamides is 1. The first-order chi connectivity index (χ1) is 17.0. The van der Waals surface area contributed by atoms with Crippen LogP contribution in [0, 0.1) is 17.0 Å². The number of aryl methyl sites for hydroxylation is 1. The Hall–Kier alpha value is -3.67. The zero-order valence-electron chi connectivity index (χ0n) is 22.1. The van der Waals surface area contributed by atoms with Crippen molar-refractivity contribution >= 4 is 33.2 Å². The highest BCUT2D eigenvalue weighted by Gasteiger charge is 2.32. The predicted octanol–water partition coefficient (Wildman–Crippen LogP) is 3.01. The normalized spacial score (nSPS) is 12.4. The average Bonchev–Trinajstić information content (AvgIpc) is 2.79. The number of nitrogens with zero attached hydrogens (tertiary/aromatic N) is 3. The van der Waals surface area contributed by atoms with Crippen molar-refractivity contribution in [1.82, 2.24) is 10.2 Å². The quantitative estimate of drug-likeness (QED) is 0.365. The number of amides is 2. The molecule has 0 aliphatic heterocycles. The first kappa shape index (κ1) is 29.6. The van der Waals surface area contributed by atoms with E-state index >= 15 is 0 Å². The Kier molecular flexibility index (Phi) is 9.26. The van der Waals surface area contributed by atoms with Crippen LogP contribution in [0.1, 0.15) is 38.8 Å². The molecular formula is C25H34N4O7S. The summed E-state index contributed by atoms with van der Waals surface area (Å²) in [6, 6.07) is 9.80. The van der Waals surface area contributed by atoms with Crippen LogP contribution < -0.4 is 14.4 Å². The van der Waals surface area contributed by atoms with Gasteiger partial charge in [0.2, 0.25) is 21.8 Å². The number of nitro groups is 1. The molecule has 1 N–H and O–H groups in total. The summed E-state index contributed by atoms with van der Waals surface area (Å²) in [7, 11) is -2.52. The average molecular weight is 535 g/mol. The lowest BCUT2D eigenvalue weighted by Crippen LogP contribution is -2.54. The van der Waals surface area contributed by atoms with Crippen molar-refractivity contribution in [2.75, 3.05) is 24.2 Å². The van der Waals surface area contributed by atoms with Crippen molar-refractivity contribution in [3.05, 3.63) is 63.7 Å². The van der Waals surface area contributed by atoms with Gasteiger partial charge in [0.25, 0.3) is 5.69 Å². The minimum atomic E-state index is -4.03. The van der Waals surface area contributed by atoms with Crippen LogP contribution in [-0.2, 0) is 26.2 Å². The number of nitrogens with one attached hydrogen (secondary N) is 1. The second-order valence-corrected chi connectivity index (χ2v) is 11.7. The second kappa shape index (κ2) is 11.6. The van der Waals surface area contributed by atoms with Crippen LogP contribution in [0.25, 0.3) is 0 Å². The van der Waals surface area contributed by atoms with Gasteiger partial charge in [0, 0.05) is 24.2 Å². The molecule has 0 spiro atoms. The molecule has 2 aromatic rings. The Labute approximate surface area is 217 Å². The molecule has 0 bridgehead atoms. The van der Waals surface area contributed by atoms with E-state index in [0.717, 1.165) is 16.6 Å². The topological polar surface area (TPSA) is 139 Å². The van der Waals surface area contributed by atoms with Crippen molar-refractivity contribution < 1.29 is 27.7 Å². The number of nitro benzene ring substituents is 1. The van der Waals surface area contributed by atoms with Crippen LogP contribution in [0.3, 0.4) is 0 Å². The molecule has 202 valence electrons. The molecule has 0 saturated carbocycles. The minimum absolute atomic E-state index is 0.000282. The minimum Gasteiger partial charge on any atom is -0.497 e. The van der Waals surface area contributed by atoms with Gasteiger partial charge in [-0.05, 0) is 57.9 Å². The van der Waals surface area contributed by atoms with Crippen LogP contribution in [0.2, 0.25) is 0 Å². The van der Waals surface area contributed by atoms with Gasteiger partial charge < -0.3 is 15.0 Å². The predicted molar refractivity (Wildman–Crippen MR) is 141 cm³/mol. The Morgan fingerprint density at radius 2 is 1.81 bits per heavy atom. The van der Waals surface area contributed by atoms with E-state index in [9.17, 15) is 28.1 Å². The van der Waals surface area contributed by atoms with Crippen molar-refractivity contribution in [1.29, 1.82) is 0 Å². The number of hydrogen-bond acceptors (Lipinski definition) is 7. The summed E-state index contributed by atoms with van der Waals surface area (Å²) in [5.74, 6) is -0.515. The van der Waals surface area contributed by atoms with Crippen LogP contribution in [0.15, 0.2) is 42.5 Å². The number of carbonyl (C=O) groups is 2. The third kappa shape index (κ3) is 8.17. The monoisotopic (exact) mass is 534 g/mol. The van der Waals surface area contributed by atoms with Crippen molar-refractivity contribution in [3.8, 4) is 5.75 Å². The molecule has 2 amide bonds. The third-order valence-electron chi connectivity index (χ3n) is 5.50. The number of benzene rings is 2. The molecule has 2 rings (SSSR count). The molecular weight excluding hydrogens is 500 g/mol. The molecule has 0 aliphatic carbocycles. The molecule has 11 nitrogen and oxygen atoms in total. The van der Waals surface area contributed by atoms with Gasteiger partial charge >= 0.3 is 0 Å². The number of hydrogen-bond donors (Lipinski definition) is 1. The fraction of sp³-hybridized carbons (Fsp3) is 0.440. The van der Waals surface area contributed by atoms with E-state index in [-0.39, 0.29) is 17.9 Å². The number of non-ortho nitro benzene ring substituents is 1. The van der Waals surface area contributed by atoms with E-state index in [2.05, 4.69) is 5.32 Å². The maximum absolute atomic E-state index is 13.6. The summed E-state index contributed by atoms with van der Waals surface area (Å²) in [6.45, 7) is 7.92. The largest absolute Gasteiger partial charge is 0.497 e. The summed E-state index contributed by atoms with van der Waals surface area (Å²) >= 11 is 0. The zero-order valence-corrected chi connectivity index (χ0v) is 23.0. The van der Waals surface area contributed by atoms with Crippen molar-refractivity contribution in [3.63, 3.8) is 0 Å². The highest BCUT2D eigenvalue weighted by Crippen LogP contribution is 2.28. The summed E-state index contributed by atoms with van der Waals surface area (Å²) in [5.41, 5.74) is 0.239. The maximum atomic E-state index is 13.6. The van der Waals surface area contributed by atoms with E-state index in [4.69, 9.17) is 4.74 Å². The molecule has 0 aliphatic rings. The van der Waals surface area contributed by atoms with E-state index in [1.54, 1.807) is 38.1 Å². The van der Waals surface area contributed by atoms with Crippen LogP contribution in [0.5, 0.6) is 5.75 Å². The molecule has 0 radical (unpaired) electrons. The van der Waals surface area contributed by atoms with Gasteiger partial charge in [0.15, 0.2) is 0 Å². The molecule has 0 heterocycles. The Morgan fingerprint density at radius 1 is 1.16 bits per heavy atom. The fourth-order valence-electron chi connectivity index (χ4n) is 3.60. The molecule has 0 aromatic heterocycles. The standard InChI is InChI=1S/C25H34N4O7S/c1-17-11-12-20(29(32)33)14-22(17)28(37(7,34)35)16-23(30)27(18(2)24(31)26-25(3,4)5)15-19-9-8-10-21(13-19)36-6/h8-14,18H,15-16H2,1-7H3,(H,26,31)/t18-/m1/s1. The van der Waals surface area contributed by atoms with Crippen LogP contribution >= 0.6 is 0 Å². The summed E-state index contributed by atoms with van der Waals surface area (Å²) in [4.78, 5) is 38.6. The summed E-state index contributed by atoms with van der Waals surface area (Å²) < 4.78 is 31.6. The van der Waals surface area contributed by atoms with E-state index < -0.39 is 44.9 Å². The van der Waals surface area contributed by atoms with Crippen LogP contribution in [-0.4, -0.2) is 61.5 Å². The molecule has 0 fully saturated rings. The van der Waals surface area contributed by atoms with E-state index in [1.165, 1.54) is 24.1 Å². The Balaban J connectivity index is 2.51. The number of methoxy groups -OCH3 is 1. The highest BCUT2D eigenvalue weighted by molar-refractivity contribution is 7.92. The lowest BCUT2D eigenvalue weighted by Gasteiger charge is -2.33. The van der Waals surface area contributed by atoms with Gasteiger partial charge in [0.1, 0.15) is 18.3 Å². The van der Waals surface area contributed by atoms with Gasteiger partial charge in [-0.1, -0.05) is 18.2 Å². The number of carbonyl (C=O) groups excluding carboxylic acids is 2. The van der Waals surface area contributed by atoms with E-state index in [1.807, 2.05) is 20.8 Å². The Morgan fingerprint density at radius 3 is 2.35 bits per heavy atom. The second-order valence-electron chi connectivity index (χ2n) is 9.79. The van der Waals surface area contributed by atoms with Gasteiger partial charge in [-0.2, -0.15) is 0 Å². The first-order valence-electron chi connectivity index (χ1n) is 11.5. The maximum Gasteiger partial charge on any atom is 0.271 e. The van der Waals surface area contributed by atoms with Gasteiger partial charge in [-0.3, -0.25) is 24.0 Å². The lowest BCUT2D eigenvalue weighted by atomic mass is 10.1. The number of ether oxygens (including phenoxy) is 1. The Bertz CT molecular complexity index is 1270. The summed E-state index contributed by atoms with van der Waals surface area (Å²) in [5, 5.41) is 14.2. The molecule has 2 aromatic carbocycles. The van der Waals surface area contributed by atoms with Crippen LogP contribution in [0.4, 0.5) is 11.4 Å². The zero-order chi connectivity index (χ0) is 28.1. The van der Waals surface area contributed by atoms with Gasteiger partial charge in [0.05, 0.1) is 24.0 Å². The van der Waals surface area contributed by atoms with Crippen molar-refractivity contribution in [2.24, 2.45) is 0 Å². The first-order valence-corrected chi connectivity index (χ1v) is 13.4. The van der Waals surface area contributed by atoms with Gasteiger partial charge in [-0.15, -0.1) is 0 Å². The fourth-order valence-corrected chi connectivity index (χ4v) is 4.50. The summed E-state index contributed by atoms with van der Waals surface area (Å²) in [6.07, 6.45) is 0.917. The number of rotatable bonds is 10. The van der Waals surface area contributed by atoms with E-state index in [0.29, 0.717) is 16.9 Å². The molecule has 37 heavy (non-hydrogen) atoms. The highest BCUT2D eigenvalue weighted by atomic mass is 32.2. The third-order valence-corrected chi connectivity index (χ3v) is 6.63. The molecule has 12 heteroatoms. The van der Waals surface area contributed by atoms with Crippen molar-refractivity contribution in [2.45, 2.75) is 52.7 Å². The smallest absolute Gasteiger partial charge is 0.271 e. The molecule has 1 atom stereocenters. The SMILES string of the molecule is COc1cccc(CN(C(=O)CN(c2cc([N+](=O)[O-])ccc2C)S(C)(=O)=O)[C@H](C)C(=O)NC(C)(C)C)c1. The molecule has 0 saturated heterocycles. The van der Waals surface area contributed by atoms with Gasteiger partial charge in [-0.25, -0.2) is 8.42 Å².